The zero-order valence-corrected chi connectivity index (χ0v) is 13.8. The predicted molar refractivity (Wildman–Crippen MR) is 93.0 cm³/mol. The van der Waals surface area contributed by atoms with Crippen molar-refractivity contribution in [3.63, 3.8) is 0 Å². The maximum absolute atomic E-state index is 12.4. The number of nitrogens with one attached hydrogen (secondary N) is 1. The second-order valence-electron chi connectivity index (χ2n) is 4.83. The predicted octanol–water partition coefficient (Wildman–Crippen LogP) is 1.88. The molecule has 0 saturated carbocycles. The lowest BCUT2D eigenvalue weighted by Crippen LogP contribution is -2.33. The van der Waals surface area contributed by atoms with E-state index in [-0.39, 0.29) is 5.91 Å². The molecule has 1 fully saturated rings. The Morgan fingerprint density at radius 3 is 3.05 bits per heavy atom. The summed E-state index contributed by atoms with van der Waals surface area (Å²) in [5, 5.41) is 3.54. The molecule has 1 amide bonds. The van der Waals surface area contributed by atoms with Crippen LogP contribution in [0.2, 0.25) is 0 Å². The molecule has 1 atom stereocenters. The fourth-order valence-electron chi connectivity index (χ4n) is 2.06. The molecule has 0 bridgehead atoms. The number of carbonyl (C=O) groups excluding carboxylic acids is 1. The summed E-state index contributed by atoms with van der Waals surface area (Å²) in [6.45, 7) is 3.00. The van der Waals surface area contributed by atoms with Crippen molar-refractivity contribution in [1.29, 1.82) is 0 Å². The average molecular weight is 320 g/mol. The monoisotopic (exact) mass is 320 g/mol. The summed E-state index contributed by atoms with van der Waals surface area (Å²) in [5.41, 5.74) is 7.90. The molecule has 3 nitrogen and oxygen atoms in total. The summed E-state index contributed by atoms with van der Waals surface area (Å²) in [5.74, 6) is 9.26. The Morgan fingerprint density at radius 1 is 1.48 bits per heavy atom. The van der Waals surface area contributed by atoms with Gasteiger partial charge in [-0.05, 0) is 24.6 Å². The molecular weight excluding hydrogens is 300 g/mol. The maximum Gasteiger partial charge on any atom is 0.252 e. The van der Waals surface area contributed by atoms with E-state index in [0.717, 1.165) is 16.9 Å². The molecular formula is C16H20N2OS2. The molecule has 0 spiro atoms. The van der Waals surface area contributed by atoms with Gasteiger partial charge < -0.3 is 11.1 Å². The quantitative estimate of drug-likeness (QED) is 0.835. The minimum Gasteiger partial charge on any atom is -0.351 e. The molecule has 1 aliphatic heterocycles. The van der Waals surface area contributed by atoms with Crippen LogP contribution in [0.15, 0.2) is 18.2 Å². The van der Waals surface area contributed by atoms with Crippen LogP contribution in [0, 0.1) is 18.8 Å². The van der Waals surface area contributed by atoms with E-state index in [1.807, 2.05) is 48.6 Å². The summed E-state index contributed by atoms with van der Waals surface area (Å²) < 4.78 is 0. The smallest absolute Gasteiger partial charge is 0.252 e. The van der Waals surface area contributed by atoms with Gasteiger partial charge in [0.2, 0.25) is 0 Å². The highest BCUT2D eigenvalue weighted by Crippen LogP contribution is 2.23. The highest BCUT2D eigenvalue weighted by atomic mass is 32.2. The Morgan fingerprint density at radius 2 is 2.33 bits per heavy atom. The second-order valence-corrected chi connectivity index (χ2v) is 7.39. The molecule has 1 heterocycles. The molecule has 1 aromatic rings. The molecule has 1 saturated heterocycles. The number of carbonyl (C=O) groups is 1. The molecule has 1 unspecified atom stereocenters. The highest BCUT2D eigenvalue weighted by molar-refractivity contribution is 8.06. The molecule has 0 aliphatic carbocycles. The summed E-state index contributed by atoms with van der Waals surface area (Å²) in [7, 11) is 0. The van der Waals surface area contributed by atoms with Gasteiger partial charge in [0.25, 0.3) is 5.91 Å². The first-order chi connectivity index (χ1) is 10.2. The van der Waals surface area contributed by atoms with Crippen molar-refractivity contribution < 1.29 is 4.79 Å². The van der Waals surface area contributed by atoms with Crippen LogP contribution >= 0.6 is 23.5 Å². The number of thioether (sulfide) groups is 2. The molecule has 21 heavy (non-hydrogen) atoms. The lowest BCUT2D eigenvalue weighted by atomic mass is 10.0. The third-order valence-corrected chi connectivity index (χ3v) is 5.96. The van der Waals surface area contributed by atoms with E-state index in [4.69, 9.17) is 5.73 Å². The van der Waals surface area contributed by atoms with Crippen LogP contribution in [0.3, 0.4) is 0 Å². The first-order valence-electron chi connectivity index (χ1n) is 6.98. The lowest BCUT2D eigenvalue weighted by molar-refractivity contribution is 0.0954. The normalized spacial score (nSPS) is 17.7. The number of aryl methyl sites for hydroxylation is 1. The number of amides is 1. The summed E-state index contributed by atoms with van der Waals surface area (Å²) in [4.78, 5) is 12.4. The van der Waals surface area contributed by atoms with Crippen molar-refractivity contribution in [3.05, 3.63) is 34.9 Å². The fraction of sp³-hybridized carbons (Fsp3) is 0.438. The van der Waals surface area contributed by atoms with Crippen molar-refractivity contribution in [1.82, 2.24) is 5.32 Å². The van der Waals surface area contributed by atoms with Gasteiger partial charge in [-0.25, -0.2) is 0 Å². The Labute approximate surface area is 134 Å². The van der Waals surface area contributed by atoms with E-state index in [1.54, 1.807) is 0 Å². The van der Waals surface area contributed by atoms with Gasteiger partial charge >= 0.3 is 0 Å². The standard InChI is InChI=1S/C16H20N2OS2/c1-12-4-5-15(13(9-12)3-2-6-17)16(19)18-10-14-11-20-7-8-21-14/h4-5,9,14H,6-8,10-11,17H2,1H3,(H,18,19). The van der Waals surface area contributed by atoms with Gasteiger partial charge in [-0.2, -0.15) is 23.5 Å². The minimum atomic E-state index is -0.0486. The number of hydrogen-bond donors (Lipinski definition) is 2. The van der Waals surface area contributed by atoms with E-state index in [2.05, 4.69) is 17.2 Å². The maximum atomic E-state index is 12.4. The second kappa shape index (κ2) is 8.38. The van der Waals surface area contributed by atoms with E-state index >= 15 is 0 Å². The molecule has 0 radical (unpaired) electrons. The minimum absolute atomic E-state index is 0.0486. The SMILES string of the molecule is Cc1ccc(C(=O)NCC2CSCCS2)c(C#CCN)c1. The molecule has 2 rings (SSSR count). The van der Waals surface area contributed by atoms with E-state index < -0.39 is 0 Å². The Kier molecular flexibility index (Phi) is 6.50. The topological polar surface area (TPSA) is 55.1 Å². The third kappa shape index (κ3) is 4.99. The zero-order chi connectivity index (χ0) is 15.1. The molecule has 5 heteroatoms. The zero-order valence-electron chi connectivity index (χ0n) is 12.1. The van der Waals surface area contributed by atoms with Gasteiger partial charge in [-0.15, -0.1) is 0 Å². The first-order valence-corrected chi connectivity index (χ1v) is 9.18. The van der Waals surface area contributed by atoms with Gasteiger partial charge in [0, 0.05) is 34.6 Å². The highest BCUT2D eigenvalue weighted by Gasteiger charge is 2.16. The van der Waals surface area contributed by atoms with Gasteiger partial charge in [0.1, 0.15) is 0 Å². The van der Waals surface area contributed by atoms with Crippen molar-refractivity contribution in [3.8, 4) is 11.8 Å². The largest absolute Gasteiger partial charge is 0.351 e. The summed E-state index contributed by atoms with van der Waals surface area (Å²) in [6.07, 6.45) is 0. The van der Waals surface area contributed by atoms with E-state index in [9.17, 15) is 4.79 Å². The van der Waals surface area contributed by atoms with Gasteiger partial charge in [-0.3, -0.25) is 4.79 Å². The Hall–Kier alpha value is -1.09. The Balaban J connectivity index is 2.03. The number of nitrogens with two attached hydrogens (primary N) is 1. The van der Waals surface area contributed by atoms with Crippen molar-refractivity contribution >= 4 is 29.4 Å². The summed E-state index contributed by atoms with van der Waals surface area (Å²) in [6, 6.07) is 5.71. The van der Waals surface area contributed by atoms with Crippen molar-refractivity contribution in [2.45, 2.75) is 12.2 Å². The lowest BCUT2D eigenvalue weighted by Gasteiger charge is -2.21. The van der Waals surface area contributed by atoms with Crippen LogP contribution in [0.25, 0.3) is 0 Å². The van der Waals surface area contributed by atoms with Crippen LogP contribution in [0.1, 0.15) is 21.5 Å². The van der Waals surface area contributed by atoms with Gasteiger partial charge in [-0.1, -0.05) is 17.9 Å². The number of benzene rings is 1. The van der Waals surface area contributed by atoms with Crippen molar-refractivity contribution in [2.75, 3.05) is 30.3 Å². The average Bonchev–Trinajstić information content (AvgIpc) is 2.51. The van der Waals surface area contributed by atoms with E-state index in [0.29, 0.717) is 23.9 Å². The van der Waals surface area contributed by atoms with Crippen LogP contribution in [0.5, 0.6) is 0 Å². The summed E-state index contributed by atoms with van der Waals surface area (Å²) >= 11 is 3.90. The van der Waals surface area contributed by atoms with Crippen LogP contribution in [0.4, 0.5) is 0 Å². The molecule has 3 N–H and O–H groups in total. The van der Waals surface area contributed by atoms with Crippen molar-refractivity contribution in [2.24, 2.45) is 5.73 Å². The van der Waals surface area contributed by atoms with Crippen LogP contribution in [-0.4, -0.2) is 41.5 Å². The molecule has 0 aromatic heterocycles. The van der Waals surface area contributed by atoms with Crippen LogP contribution in [-0.2, 0) is 0 Å². The molecule has 1 aromatic carbocycles. The molecule has 1 aliphatic rings. The third-order valence-electron chi connectivity index (χ3n) is 3.12. The fourth-order valence-corrected chi connectivity index (χ4v) is 4.67. The van der Waals surface area contributed by atoms with Gasteiger partial charge in [0.15, 0.2) is 0 Å². The van der Waals surface area contributed by atoms with Crippen LogP contribution < -0.4 is 11.1 Å². The Bertz CT molecular complexity index is 557. The van der Waals surface area contributed by atoms with Gasteiger partial charge in [0.05, 0.1) is 12.1 Å². The first kappa shape index (κ1) is 16.3. The number of hydrogen-bond acceptors (Lipinski definition) is 4. The number of rotatable bonds is 3. The molecule has 112 valence electrons. The van der Waals surface area contributed by atoms with E-state index in [1.165, 1.54) is 11.5 Å².